The van der Waals surface area contributed by atoms with Crippen LogP contribution in [0, 0.1) is 0 Å². The van der Waals surface area contributed by atoms with Crippen LogP contribution in [0.5, 0.6) is 0 Å². The van der Waals surface area contributed by atoms with Crippen LogP contribution in [-0.2, 0) is 0 Å². The molecule has 0 saturated heterocycles. The zero-order valence-corrected chi connectivity index (χ0v) is 15.8. The molecule has 0 aliphatic rings. The molecule has 0 bridgehead atoms. The summed E-state index contributed by atoms with van der Waals surface area (Å²) in [6, 6.07) is 34.3. The monoisotopic (exact) mass is 377 g/mol. The van der Waals surface area contributed by atoms with Gasteiger partial charge in [0.1, 0.15) is 0 Å². The molecule has 5 aromatic carbocycles. The largest absolute Gasteiger partial charge is 0.309 e. The molecule has 0 amide bonds. The Balaban J connectivity index is 1.82. The number of nitrogens with zero attached hydrogens (tertiary/aromatic N) is 1. The molecule has 1 aromatic heterocycles. The normalized spacial score (nSPS) is 11.8. The molecule has 0 saturated carbocycles. The molecule has 0 spiro atoms. The topological polar surface area (TPSA) is 4.93 Å². The third-order valence-electron chi connectivity index (χ3n) is 5.60. The smallest absolute Gasteiger partial charge is 0.0547 e. The molecule has 0 N–H and O–H groups in total. The minimum atomic E-state index is 0.772. The Kier molecular flexibility index (Phi) is 3.29. The summed E-state index contributed by atoms with van der Waals surface area (Å²) in [7, 11) is 0. The minimum Gasteiger partial charge on any atom is -0.309 e. The third-order valence-corrected chi connectivity index (χ3v) is 5.84. The predicted octanol–water partition coefficient (Wildman–Crippen LogP) is 7.74. The first-order valence-corrected chi connectivity index (χ1v) is 9.78. The fraction of sp³-hybridized carbons (Fsp3) is 0. The van der Waals surface area contributed by atoms with Gasteiger partial charge in [-0.3, -0.25) is 0 Å². The predicted molar refractivity (Wildman–Crippen MR) is 121 cm³/mol. The molecule has 0 fully saturated rings. The van der Waals surface area contributed by atoms with Crippen LogP contribution in [0.3, 0.4) is 0 Å². The Hall–Kier alpha value is -3.29. The van der Waals surface area contributed by atoms with Crippen molar-refractivity contribution in [3.63, 3.8) is 0 Å². The van der Waals surface area contributed by atoms with E-state index in [0.29, 0.717) is 0 Å². The van der Waals surface area contributed by atoms with Crippen LogP contribution in [0.1, 0.15) is 0 Å². The van der Waals surface area contributed by atoms with Crippen molar-refractivity contribution in [2.45, 2.75) is 0 Å². The lowest BCUT2D eigenvalue weighted by molar-refractivity contribution is 1.18. The number of benzene rings is 5. The lowest BCUT2D eigenvalue weighted by Gasteiger charge is -2.09. The molecule has 28 heavy (non-hydrogen) atoms. The fourth-order valence-corrected chi connectivity index (χ4v) is 4.53. The van der Waals surface area contributed by atoms with Gasteiger partial charge >= 0.3 is 0 Å². The Morgan fingerprint density at radius 3 is 2.11 bits per heavy atom. The Morgan fingerprint density at radius 1 is 0.500 bits per heavy atom. The van der Waals surface area contributed by atoms with Gasteiger partial charge in [0.05, 0.1) is 11.0 Å². The lowest BCUT2D eigenvalue weighted by Crippen LogP contribution is -1.92. The summed E-state index contributed by atoms with van der Waals surface area (Å²) in [6.45, 7) is 0. The van der Waals surface area contributed by atoms with E-state index in [1.165, 1.54) is 49.0 Å². The van der Waals surface area contributed by atoms with Gasteiger partial charge < -0.3 is 4.57 Å². The highest BCUT2D eigenvalue weighted by Crippen LogP contribution is 2.37. The van der Waals surface area contributed by atoms with E-state index in [2.05, 4.69) is 89.5 Å². The second kappa shape index (κ2) is 5.85. The summed E-state index contributed by atoms with van der Waals surface area (Å²) in [5, 5.41) is 8.23. The highest BCUT2D eigenvalue weighted by Gasteiger charge is 2.13. The van der Waals surface area contributed by atoms with Crippen molar-refractivity contribution in [3.05, 3.63) is 102 Å². The lowest BCUT2D eigenvalue weighted by atomic mass is 10.00. The Labute approximate surface area is 167 Å². The quantitative estimate of drug-likeness (QED) is 0.258. The van der Waals surface area contributed by atoms with Crippen LogP contribution in [0.25, 0.3) is 49.0 Å². The van der Waals surface area contributed by atoms with Gasteiger partial charge in [0.15, 0.2) is 0 Å². The van der Waals surface area contributed by atoms with E-state index in [1.807, 2.05) is 12.1 Å². The van der Waals surface area contributed by atoms with Gasteiger partial charge in [-0.2, -0.15) is 0 Å². The van der Waals surface area contributed by atoms with Gasteiger partial charge in [-0.05, 0) is 64.0 Å². The molecule has 1 nitrogen and oxygen atoms in total. The fourth-order valence-electron chi connectivity index (χ4n) is 4.35. The van der Waals surface area contributed by atoms with Gasteiger partial charge in [0, 0.05) is 21.5 Å². The number of hydrogen-bond acceptors (Lipinski definition) is 0. The Morgan fingerprint density at radius 2 is 1.25 bits per heavy atom. The van der Waals surface area contributed by atoms with Gasteiger partial charge in [-0.1, -0.05) is 66.2 Å². The van der Waals surface area contributed by atoms with Crippen molar-refractivity contribution in [2.24, 2.45) is 0 Å². The van der Waals surface area contributed by atoms with Gasteiger partial charge in [-0.25, -0.2) is 0 Å². The van der Waals surface area contributed by atoms with Gasteiger partial charge in [0.25, 0.3) is 0 Å². The molecular formula is C26H16ClN. The van der Waals surface area contributed by atoms with Crippen molar-refractivity contribution in [2.75, 3.05) is 0 Å². The maximum absolute atomic E-state index is 6.21. The van der Waals surface area contributed by atoms with Crippen LogP contribution >= 0.6 is 11.6 Å². The average molecular weight is 378 g/mol. The van der Waals surface area contributed by atoms with E-state index in [4.69, 9.17) is 11.6 Å². The SMILES string of the molecule is Clc1ccc2c(ccc3cc4c(cc32)c2ccccc2n4-c2ccccc2)c1. The molecule has 0 aliphatic carbocycles. The zero-order chi connectivity index (χ0) is 18.7. The first-order valence-electron chi connectivity index (χ1n) is 9.40. The van der Waals surface area contributed by atoms with Crippen molar-refractivity contribution >= 4 is 55.0 Å². The van der Waals surface area contributed by atoms with E-state index in [0.717, 1.165) is 5.02 Å². The molecule has 6 rings (SSSR count). The summed E-state index contributed by atoms with van der Waals surface area (Å²) in [5.41, 5.74) is 3.64. The molecule has 1 heterocycles. The third kappa shape index (κ3) is 2.20. The molecular weight excluding hydrogens is 362 g/mol. The molecule has 2 heteroatoms. The van der Waals surface area contributed by atoms with Crippen LogP contribution < -0.4 is 0 Å². The number of aromatic nitrogens is 1. The molecule has 132 valence electrons. The number of para-hydroxylation sites is 2. The number of halogens is 1. The van der Waals surface area contributed by atoms with Crippen LogP contribution in [0.4, 0.5) is 0 Å². The summed E-state index contributed by atoms with van der Waals surface area (Å²) < 4.78 is 2.36. The van der Waals surface area contributed by atoms with E-state index in [9.17, 15) is 0 Å². The summed E-state index contributed by atoms with van der Waals surface area (Å²) in [4.78, 5) is 0. The standard InChI is InChI=1S/C26H16ClN/c27-19-12-13-21-17(14-19)10-11-18-15-26-24(16-23(18)21)22-8-4-5-9-25(22)28(26)20-6-2-1-3-7-20/h1-16H. The maximum atomic E-state index is 6.21. The Bertz CT molecular complexity index is 1510. The van der Waals surface area contributed by atoms with Crippen molar-refractivity contribution in [1.82, 2.24) is 4.57 Å². The van der Waals surface area contributed by atoms with Crippen LogP contribution in [0.15, 0.2) is 97.1 Å². The van der Waals surface area contributed by atoms with Crippen LogP contribution in [0.2, 0.25) is 5.02 Å². The summed E-state index contributed by atoms with van der Waals surface area (Å²) >= 11 is 6.21. The number of rotatable bonds is 1. The maximum Gasteiger partial charge on any atom is 0.0547 e. The van der Waals surface area contributed by atoms with Gasteiger partial charge in [0.2, 0.25) is 0 Å². The van der Waals surface area contributed by atoms with E-state index >= 15 is 0 Å². The van der Waals surface area contributed by atoms with Gasteiger partial charge in [-0.15, -0.1) is 0 Å². The zero-order valence-electron chi connectivity index (χ0n) is 15.1. The molecule has 0 radical (unpaired) electrons. The van der Waals surface area contributed by atoms with E-state index < -0.39 is 0 Å². The molecule has 0 unspecified atom stereocenters. The second-order valence-corrected chi connectivity index (χ2v) is 7.65. The van der Waals surface area contributed by atoms with E-state index in [-0.39, 0.29) is 0 Å². The minimum absolute atomic E-state index is 0.772. The summed E-state index contributed by atoms with van der Waals surface area (Å²) in [6.07, 6.45) is 0. The molecule has 0 atom stereocenters. The first-order chi connectivity index (χ1) is 13.8. The van der Waals surface area contributed by atoms with Crippen molar-refractivity contribution < 1.29 is 0 Å². The number of fused-ring (bicyclic) bond motifs is 6. The second-order valence-electron chi connectivity index (χ2n) is 7.21. The molecule has 0 aliphatic heterocycles. The highest BCUT2D eigenvalue weighted by atomic mass is 35.5. The number of hydrogen-bond donors (Lipinski definition) is 0. The highest BCUT2D eigenvalue weighted by molar-refractivity contribution is 6.31. The first kappa shape index (κ1) is 15.7. The van der Waals surface area contributed by atoms with E-state index in [1.54, 1.807) is 0 Å². The van der Waals surface area contributed by atoms with Crippen molar-refractivity contribution in [1.29, 1.82) is 0 Å². The average Bonchev–Trinajstić information content (AvgIpc) is 3.06. The summed E-state index contributed by atoms with van der Waals surface area (Å²) in [5.74, 6) is 0. The van der Waals surface area contributed by atoms with Crippen molar-refractivity contribution in [3.8, 4) is 5.69 Å². The van der Waals surface area contributed by atoms with Crippen LogP contribution in [-0.4, -0.2) is 4.57 Å². The molecule has 6 aromatic rings.